The summed E-state index contributed by atoms with van der Waals surface area (Å²) in [6, 6.07) is 6.61. The standard InChI is InChI=1S/C8H9FS/c1-10-6-7-2-4-8(9)5-3-7/h2-5H,6H2,1H3. The largest absolute Gasteiger partial charge is 0.207 e. The van der Waals surface area contributed by atoms with Gasteiger partial charge in [0.25, 0.3) is 0 Å². The molecule has 0 heterocycles. The van der Waals surface area contributed by atoms with E-state index in [4.69, 9.17) is 0 Å². The van der Waals surface area contributed by atoms with Crippen LogP contribution in [0.1, 0.15) is 5.56 Å². The zero-order valence-corrected chi connectivity index (χ0v) is 6.62. The lowest BCUT2D eigenvalue weighted by atomic mass is 10.2. The van der Waals surface area contributed by atoms with Crippen LogP contribution in [0.4, 0.5) is 4.39 Å². The van der Waals surface area contributed by atoms with Crippen molar-refractivity contribution in [3.8, 4) is 0 Å². The van der Waals surface area contributed by atoms with Gasteiger partial charge in [-0.2, -0.15) is 11.8 Å². The van der Waals surface area contributed by atoms with Crippen LogP contribution in [0.15, 0.2) is 24.3 Å². The average Bonchev–Trinajstić information content (AvgIpc) is 1.95. The molecular weight excluding hydrogens is 147 g/mol. The van der Waals surface area contributed by atoms with Gasteiger partial charge in [-0.3, -0.25) is 0 Å². The predicted octanol–water partition coefficient (Wildman–Crippen LogP) is 2.69. The van der Waals surface area contributed by atoms with Crippen LogP contribution in [0.2, 0.25) is 0 Å². The van der Waals surface area contributed by atoms with E-state index in [9.17, 15) is 4.39 Å². The molecule has 1 aromatic carbocycles. The molecule has 0 saturated heterocycles. The van der Waals surface area contributed by atoms with Crippen molar-refractivity contribution in [3.05, 3.63) is 35.6 Å². The SMILES string of the molecule is CSCc1ccc(F)cc1. The van der Waals surface area contributed by atoms with Crippen LogP contribution in [-0.4, -0.2) is 6.26 Å². The molecule has 1 aromatic rings. The minimum absolute atomic E-state index is 0.162. The fourth-order valence-electron chi connectivity index (χ4n) is 0.747. The lowest BCUT2D eigenvalue weighted by molar-refractivity contribution is 0.627. The maximum Gasteiger partial charge on any atom is 0.123 e. The van der Waals surface area contributed by atoms with Crippen LogP contribution < -0.4 is 0 Å². The van der Waals surface area contributed by atoms with Gasteiger partial charge >= 0.3 is 0 Å². The Morgan fingerprint density at radius 2 is 1.90 bits per heavy atom. The van der Waals surface area contributed by atoms with Gasteiger partial charge in [0.15, 0.2) is 0 Å². The second kappa shape index (κ2) is 3.62. The van der Waals surface area contributed by atoms with E-state index in [1.54, 1.807) is 11.8 Å². The highest BCUT2D eigenvalue weighted by Gasteiger charge is 1.90. The topological polar surface area (TPSA) is 0 Å². The fraction of sp³-hybridized carbons (Fsp3) is 0.250. The first-order chi connectivity index (χ1) is 4.83. The number of hydrogen-bond acceptors (Lipinski definition) is 1. The summed E-state index contributed by atoms with van der Waals surface area (Å²) < 4.78 is 12.3. The van der Waals surface area contributed by atoms with E-state index >= 15 is 0 Å². The summed E-state index contributed by atoms with van der Waals surface area (Å²) in [5.41, 5.74) is 1.17. The van der Waals surface area contributed by atoms with E-state index in [1.807, 2.05) is 18.4 Å². The molecule has 0 N–H and O–H groups in total. The summed E-state index contributed by atoms with van der Waals surface area (Å²) in [6.07, 6.45) is 2.03. The molecule has 0 bridgehead atoms. The molecule has 0 aromatic heterocycles. The Balaban J connectivity index is 2.69. The average molecular weight is 156 g/mol. The maximum atomic E-state index is 12.3. The molecule has 10 heavy (non-hydrogen) atoms. The Hall–Kier alpha value is -0.500. The van der Waals surface area contributed by atoms with E-state index in [0.717, 1.165) is 5.75 Å². The molecule has 0 spiro atoms. The summed E-state index contributed by atoms with van der Waals surface area (Å²) in [6.45, 7) is 0. The molecule has 0 nitrogen and oxygen atoms in total. The Bertz CT molecular complexity index is 193. The van der Waals surface area contributed by atoms with Crippen molar-refractivity contribution >= 4 is 11.8 Å². The van der Waals surface area contributed by atoms with Gasteiger partial charge in [0.2, 0.25) is 0 Å². The number of rotatable bonds is 2. The molecule has 1 rings (SSSR count). The Morgan fingerprint density at radius 3 is 2.40 bits per heavy atom. The van der Waals surface area contributed by atoms with E-state index in [1.165, 1.54) is 17.7 Å². The number of thioether (sulfide) groups is 1. The zero-order valence-electron chi connectivity index (χ0n) is 5.80. The minimum Gasteiger partial charge on any atom is -0.207 e. The van der Waals surface area contributed by atoms with Crippen molar-refractivity contribution in [2.75, 3.05) is 6.26 Å². The van der Waals surface area contributed by atoms with Gasteiger partial charge in [-0.05, 0) is 24.0 Å². The van der Waals surface area contributed by atoms with Crippen molar-refractivity contribution in [2.24, 2.45) is 0 Å². The van der Waals surface area contributed by atoms with Crippen LogP contribution in [-0.2, 0) is 5.75 Å². The number of benzene rings is 1. The third-order valence-electron chi connectivity index (χ3n) is 1.22. The molecule has 0 unspecified atom stereocenters. The van der Waals surface area contributed by atoms with E-state index in [2.05, 4.69) is 0 Å². The van der Waals surface area contributed by atoms with Crippen LogP contribution in [0, 0.1) is 5.82 Å². The smallest absolute Gasteiger partial charge is 0.123 e. The second-order valence-corrected chi connectivity index (χ2v) is 2.93. The highest BCUT2D eigenvalue weighted by Crippen LogP contribution is 2.09. The van der Waals surface area contributed by atoms with Crippen molar-refractivity contribution in [1.82, 2.24) is 0 Å². The van der Waals surface area contributed by atoms with Gasteiger partial charge in [0, 0.05) is 5.75 Å². The lowest BCUT2D eigenvalue weighted by Gasteiger charge is -1.95. The minimum atomic E-state index is -0.162. The molecule has 54 valence electrons. The third kappa shape index (κ3) is 2.03. The van der Waals surface area contributed by atoms with E-state index in [0.29, 0.717) is 0 Å². The first-order valence-electron chi connectivity index (χ1n) is 3.06. The molecule has 0 amide bonds. The van der Waals surface area contributed by atoms with E-state index < -0.39 is 0 Å². The Morgan fingerprint density at radius 1 is 1.30 bits per heavy atom. The third-order valence-corrected chi connectivity index (χ3v) is 1.85. The number of hydrogen-bond donors (Lipinski definition) is 0. The molecule has 2 heteroatoms. The van der Waals surface area contributed by atoms with Crippen molar-refractivity contribution in [3.63, 3.8) is 0 Å². The van der Waals surface area contributed by atoms with Gasteiger partial charge in [0.05, 0.1) is 0 Å². The predicted molar refractivity (Wildman–Crippen MR) is 43.6 cm³/mol. The van der Waals surface area contributed by atoms with Gasteiger partial charge in [0.1, 0.15) is 5.82 Å². The Labute approximate surface area is 64.4 Å². The number of halogens is 1. The molecule has 0 aliphatic carbocycles. The van der Waals surface area contributed by atoms with Crippen molar-refractivity contribution < 1.29 is 4.39 Å². The maximum absolute atomic E-state index is 12.3. The molecule has 0 aliphatic rings. The molecule has 0 saturated carbocycles. The molecule has 0 fully saturated rings. The monoisotopic (exact) mass is 156 g/mol. The van der Waals surface area contributed by atoms with Crippen molar-refractivity contribution in [2.45, 2.75) is 5.75 Å². The molecule has 0 aliphatic heterocycles. The van der Waals surface area contributed by atoms with Crippen molar-refractivity contribution in [1.29, 1.82) is 0 Å². The molecular formula is C8H9FS. The lowest BCUT2D eigenvalue weighted by Crippen LogP contribution is -1.79. The highest BCUT2D eigenvalue weighted by molar-refractivity contribution is 7.97. The van der Waals surface area contributed by atoms with E-state index in [-0.39, 0.29) is 5.82 Å². The summed E-state index contributed by atoms with van der Waals surface area (Å²) in [5, 5.41) is 0. The summed E-state index contributed by atoms with van der Waals surface area (Å²) in [5.74, 6) is 0.796. The summed E-state index contributed by atoms with van der Waals surface area (Å²) >= 11 is 1.74. The quantitative estimate of drug-likeness (QED) is 0.634. The van der Waals surface area contributed by atoms with Gasteiger partial charge < -0.3 is 0 Å². The highest BCUT2D eigenvalue weighted by atomic mass is 32.2. The zero-order chi connectivity index (χ0) is 7.40. The fourth-order valence-corrected chi connectivity index (χ4v) is 1.27. The summed E-state index contributed by atoms with van der Waals surface area (Å²) in [4.78, 5) is 0. The first-order valence-corrected chi connectivity index (χ1v) is 4.45. The summed E-state index contributed by atoms with van der Waals surface area (Å²) in [7, 11) is 0. The van der Waals surface area contributed by atoms with Crippen LogP contribution in [0.3, 0.4) is 0 Å². The second-order valence-electron chi connectivity index (χ2n) is 2.06. The Kier molecular flexibility index (Phi) is 2.75. The molecule has 0 atom stereocenters. The van der Waals surface area contributed by atoms with Crippen LogP contribution in [0.5, 0.6) is 0 Å². The normalized spacial score (nSPS) is 9.80. The van der Waals surface area contributed by atoms with Crippen LogP contribution in [0.25, 0.3) is 0 Å². The first kappa shape index (κ1) is 7.61. The van der Waals surface area contributed by atoms with Gasteiger partial charge in [-0.25, -0.2) is 4.39 Å². The van der Waals surface area contributed by atoms with Gasteiger partial charge in [-0.15, -0.1) is 0 Å². The van der Waals surface area contributed by atoms with Gasteiger partial charge in [-0.1, -0.05) is 12.1 Å². The molecule has 0 radical (unpaired) electrons. The van der Waals surface area contributed by atoms with Crippen LogP contribution >= 0.6 is 11.8 Å².